The highest BCUT2D eigenvalue weighted by Gasteiger charge is 2.35. The lowest BCUT2D eigenvalue weighted by molar-refractivity contribution is -0.0695. The van der Waals surface area contributed by atoms with Gasteiger partial charge in [0.1, 0.15) is 0 Å². The first-order valence-electron chi connectivity index (χ1n) is 7.90. The van der Waals surface area contributed by atoms with Crippen molar-refractivity contribution in [1.29, 1.82) is 0 Å². The molecular weight excluding hydrogens is 320 g/mol. The summed E-state index contributed by atoms with van der Waals surface area (Å²) in [5.41, 5.74) is 0.0674. The number of rotatable bonds is 10. The Morgan fingerprint density at radius 2 is 1.80 bits per heavy atom. The molecule has 0 amide bonds. The van der Waals surface area contributed by atoms with Crippen LogP contribution in [-0.2, 0) is 14.2 Å². The zero-order valence-corrected chi connectivity index (χ0v) is 14.9. The fourth-order valence-corrected chi connectivity index (χ4v) is 3.57. The van der Waals surface area contributed by atoms with Gasteiger partial charge in [-0.1, -0.05) is 29.8 Å². The first kappa shape index (κ1) is 18.4. The van der Waals surface area contributed by atoms with Crippen LogP contribution in [0.1, 0.15) is 46.0 Å². The Hall–Kier alpha value is 0.360. The molecule has 1 rings (SSSR count). The predicted octanol–water partition coefficient (Wildman–Crippen LogP) is 4.04. The first-order chi connectivity index (χ1) is 9.63. The summed E-state index contributed by atoms with van der Waals surface area (Å²) in [5.74, 6) is 1.68. The van der Waals surface area contributed by atoms with Crippen LogP contribution in [0, 0.1) is 11.8 Å². The zero-order chi connectivity index (χ0) is 14.8. The summed E-state index contributed by atoms with van der Waals surface area (Å²) in [6.07, 6.45) is 5.94. The summed E-state index contributed by atoms with van der Waals surface area (Å²) in [6, 6.07) is 0. The van der Waals surface area contributed by atoms with Crippen molar-refractivity contribution in [2.24, 2.45) is 11.8 Å². The van der Waals surface area contributed by atoms with Crippen LogP contribution in [-0.4, -0.2) is 44.5 Å². The third-order valence-electron chi connectivity index (χ3n) is 4.40. The highest BCUT2D eigenvalue weighted by Crippen LogP contribution is 2.39. The van der Waals surface area contributed by atoms with Gasteiger partial charge in [0.25, 0.3) is 0 Å². The maximum atomic E-state index is 6.20. The molecule has 0 aromatic rings. The van der Waals surface area contributed by atoms with Gasteiger partial charge in [-0.25, -0.2) is 0 Å². The maximum Gasteiger partial charge on any atom is 0.0779 e. The lowest BCUT2D eigenvalue weighted by atomic mass is 9.75. The Labute approximate surface area is 132 Å². The SMILES string of the molecule is COCCOCCCOC1(CBr)CCC(C(C)C)CC1. The summed E-state index contributed by atoms with van der Waals surface area (Å²) in [4.78, 5) is 0. The predicted molar refractivity (Wildman–Crippen MR) is 86.6 cm³/mol. The fourth-order valence-electron chi connectivity index (χ4n) is 2.84. The minimum absolute atomic E-state index is 0.0674. The van der Waals surface area contributed by atoms with E-state index in [0.717, 1.165) is 36.8 Å². The van der Waals surface area contributed by atoms with Crippen LogP contribution in [0.25, 0.3) is 0 Å². The zero-order valence-electron chi connectivity index (χ0n) is 13.3. The quantitative estimate of drug-likeness (QED) is 0.439. The second-order valence-electron chi connectivity index (χ2n) is 6.21. The highest BCUT2D eigenvalue weighted by atomic mass is 79.9. The third-order valence-corrected chi connectivity index (χ3v) is 5.42. The van der Waals surface area contributed by atoms with Crippen molar-refractivity contribution in [2.45, 2.75) is 51.6 Å². The van der Waals surface area contributed by atoms with E-state index in [1.54, 1.807) is 7.11 Å². The van der Waals surface area contributed by atoms with E-state index in [1.165, 1.54) is 25.7 Å². The molecule has 0 aromatic carbocycles. The van der Waals surface area contributed by atoms with Gasteiger partial charge < -0.3 is 14.2 Å². The molecule has 1 aliphatic carbocycles. The number of ether oxygens (including phenoxy) is 3. The van der Waals surface area contributed by atoms with Crippen LogP contribution in [0.5, 0.6) is 0 Å². The number of alkyl halides is 1. The Morgan fingerprint density at radius 3 is 2.35 bits per heavy atom. The largest absolute Gasteiger partial charge is 0.382 e. The average molecular weight is 351 g/mol. The van der Waals surface area contributed by atoms with Gasteiger partial charge in [0.15, 0.2) is 0 Å². The summed E-state index contributed by atoms with van der Waals surface area (Å²) in [5, 5.41) is 0.954. The van der Waals surface area contributed by atoms with Gasteiger partial charge in [0.2, 0.25) is 0 Å². The minimum atomic E-state index is 0.0674. The van der Waals surface area contributed by atoms with E-state index < -0.39 is 0 Å². The van der Waals surface area contributed by atoms with Crippen molar-refractivity contribution in [3.8, 4) is 0 Å². The number of hydrogen-bond donors (Lipinski definition) is 0. The molecule has 0 atom stereocenters. The molecule has 0 aliphatic heterocycles. The molecule has 0 aromatic heterocycles. The van der Waals surface area contributed by atoms with Gasteiger partial charge in [-0.3, -0.25) is 0 Å². The second-order valence-corrected chi connectivity index (χ2v) is 6.77. The molecule has 4 heteroatoms. The molecule has 1 saturated carbocycles. The molecule has 20 heavy (non-hydrogen) atoms. The van der Waals surface area contributed by atoms with Gasteiger partial charge in [-0.2, -0.15) is 0 Å². The average Bonchev–Trinajstić information content (AvgIpc) is 2.46. The first-order valence-corrected chi connectivity index (χ1v) is 9.02. The van der Waals surface area contributed by atoms with E-state index in [9.17, 15) is 0 Å². The van der Waals surface area contributed by atoms with Gasteiger partial charge in [0.05, 0.1) is 18.8 Å². The van der Waals surface area contributed by atoms with Crippen LogP contribution in [0.4, 0.5) is 0 Å². The molecule has 0 spiro atoms. The molecule has 0 saturated heterocycles. The van der Waals surface area contributed by atoms with E-state index >= 15 is 0 Å². The standard InChI is InChI=1S/C16H31BrO3/c1-14(2)15-5-7-16(13-17,8-6-15)20-10-4-9-19-12-11-18-3/h14-15H,4-13H2,1-3H3. The van der Waals surface area contributed by atoms with Crippen molar-refractivity contribution in [3.63, 3.8) is 0 Å². The van der Waals surface area contributed by atoms with Crippen molar-refractivity contribution < 1.29 is 14.2 Å². The molecule has 0 radical (unpaired) electrons. The molecular formula is C16H31BrO3. The van der Waals surface area contributed by atoms with Gasteiger partial charge in [0, 0.05) is 25.7 Å². The third kappa shape index (κ3) is 6.42. The summed E-state index contributed by atoms with van der Waals surface area (Å²) in [7, 11) is 1.69. The number of methoxy groups -OCH3 is 1. The Bertz CT molecular complexity index is 238. The number of hydrogen-bond acceptors (Lipinski definition) is 3. The lowest BCUT2D eigenvalue weighted by Gasteiger charge is -2.40. The number of halogens is 1. The van der Waals surface area contributed by atoms with Crippen molar-refractivity contribution in [1.82, 2.24) is 0 Å². The summed E-state index contributed by atoms with van der Waals surface area (Å²) >= 11 is 3.66. The molecule has 120 valence electrons. The fraction of sp³-hybridized carbons (Fsp3) is 1.00. The van der Waals surface area contributed by atoms with Crippen molar-refractivity contribution >= 4 is 15.9 Å². The topological polar surface area (TPSA) is 27.7 Å². The normalized spacial score (nSPS) is 27.1. The molecule has 3 nitrogen and oxygen atoms in total. The van der Waals surface area contributed by atoms with E-state index in [0.29, 0.717) is 13.2 Å². The van der Waals surface area contributed by atoms with Crippen LogP contribution < -0.4 is 0 Å². The molecule has 0 N–H and O–H groups in total. The minimum Gasteiger partial charge on any atom is -0.382 e. The molecule has 0 heterocycles. The monoisotopic (exact) mass is 350 g/mol. The Morgan fingerprint density at radius 1 is 1.10 bits per heavy atom. The smallest absolute Gasteiger partial charge is 0.0779 e. The van der Waals surface area contributed by atoms with Crippen LogP contribution >= 0.6 is 15.9 Å². The molecule has 1 aliphatic rings. The van der Waals surface area contributed by atoms with E-state index in [4.69, 9.17) is 14.2 Å². The van der Waals surface area contributed by atoms with Crippen molar-refractivity contribution in [3.05, 3.63) is 0 Å². The van der Waals surface area contributed by atoms with Gasteiger partial charge >= 0.3 is 0 Å². The van der Waals surface area contributed by atoms with E-state index in [1.807, 2.05) is 0 Å². The van der Waals surface area contributed by atoms with Crippen molar-refractivity contribution in [2.75, 3.05) is 38.9 Å². The van der Waals surface area contributed by atoms with E-state index in [-0.39, 0.29) is 5.60 Å². The second kappa shape index (κ2) is 10.1. The molecule has 0 unspecified atom stereocenters. The summed E-state index contributed by atoms with van der Waals surface area (Å²) in [6.45, 7) is 7.58. The maximum absolute atomic E-state index is 6.20. The van der Waals surface area contributed by atoms with Gasteiger partial charge in [-0.15, -0.1) is 0 Å². The molecule has 0 bridgehead atoms. The summed E-state index contributed by atoms with van der Waals surface area (Å²) < 4.78 is 16.6. The highest BCUT2D eigenvalue weighted by molar-refractivity contribution is 9.09. The van der Waals surface area contributed by atoms with Crippen LogP contribution in [0.2, 0.25) is 0 Å². The van der Waals surface area contributed by atoms with Crippen LogP contribution in [0.3, 0.4) is 0 Å². The van der Waals surface area contributed by atoms with Gasteiger partial charge in [-0.05, 0) is 43.9 Å². The molecule has 1 fully saturated rings. The Kier molecular flexibility index (Phi) is 9.34. The van der Waals surface area contributed by atoms with Crippen LogP contribution in [0.15, 0.2) is 0 Å². The Balaban J connectivity index is 2.16. The lowest BCUT2D eigenvalue weighted by Crippen LogP contribution is -2.40. The van der Waals surface area contributed by atoms with E-state index in [2.05, 4.69) is 29.8 Å².